The molecule has 0 spiro atoms. The van der Waals surface area contributed by atoms with Gasteiger partial charge in [-0.3, -0.25) is 4.90 Å². The maximum Gasteiger partial charge on any atom is 0.242 e. The van der Waals surface area contributed by atoms with Crippen molar-refractivity contribution in [3.05, 3.63) is 58.3 Å². The van der Waals surface area contributed by atoms with Crippen molar-refractivity contribution >= 4 is 37.0 Å². The number of aryl methyl sites for hydroxylation is 1. The second-order valence-electron chi connectivity index (χ2n) is 7.01. The van der Waals surface area contributed by atoms with E-state index in [1.807, 2.05) is 18.2 Å². The van der Waals surface area contributed by atoms with Crippen molar-refractivity contribution in [1.82, 2.24) is 18.8 Å². The molecule has 1 heterocycles. The molecule has 0 atom stereocenters. The van der Waals surface area contributed by atoms with Crippen LogP contribution in [-0.4, -0.2) is 48.3 Å². The molecule has 0 aliphatic heterocycles. The van der Waals surface area contributed by atoms with Crippen LogP contribution in [0.15, 0.2) is 51.8 Å². The number of halogens is 1. The number of rotatable bonds is 7. The summed E-state index contributed by atoms with van der Waals surface area (Å²) >= 11 is 3.46. The molecule has 2 aromatic carbocycles. The van der Waals surface area contributed by atoms with Crippen LogP contribution in [0.3, 0.4) is 0 Å². The van der Waals surface area contributed by atoms with Gasteiger partial charge in [0.1, 0.15) is 5.82 Å². The SMILES string of the molecule is CCn1c(CN(C)Cc2ccc(Br)cc2)nc2cc(S(=O)(=O)N(C)C)ccc21. The standard InChI is InChI=1S/C20H25BrN4O2S/c1-5-25-19-11-10-17(28(26,27)23(2)3)12-18(19)22-20(25)14-24(4)13-15-6-8-16(21)9-7-15/h6-12H,5,13-14H2,1-4H3. The van der Waals surface area contributed by atoms with Crippen LogP contribution in [0.2, 0.25) is 0 Å². The zero-order valence-corrected chi connectivity index (χ0v) is 19.0. The Bertz CT molecular complexity index is 1080. The minimum Gasteiger partial charge on any atom is -0.327 e. The molecule has 3 aromatic rings. The number of benzene rings is 2. The smallest absolute Gasteiger partial charge is 0.242 e. The summed E-state index contributed by atoms with van der Waals surface area (Å²) in [5, 5.41) is 0. The zero-order valence-electron chi connectivity index (χ0n) is 16.6. The number of hydrogen-bond donors (Lipinski definition) is 0. The van der Waals surface area contributed by atoms with Gasteiger partial charge in [0.2, 0.25) is 10.0 Å². The molecule has 0 amide bonds. The monoisotopic (exact) mass is 464 g/mol. The van der Waals surface area contributed by atoms with Crippen molar-refractivity contribution in [3.63, 3.8) is 0 Å². The number of nitrogens with zero attached hydrogens (tertiary/aromatic N) is 4. The average Bonchev–Trinajstić information content (AvgIpc) is 2.99. The number of aromatic nitrogens is 2. The lowest BCUT2D eigenvalue weighted by atomic mass is 10.2. The quantitative estimate of drug-likeness (QED) is 0.534. The molecule has 0 radical (unpaired) electrons. The average molecular weight is 465 g/mol. The van der Waals surface area contributed by atoms with Crippen molar-refractivity contribution in [2.75, 3.05) is 21.1 Å². The number of hydrogen-bond acceptors (Lipinski definition) is 4. The fraction of sp³-hybridized carbons (Fsp3) is 0.350. The Morgan fingerprint density at radius 3 is 2.32 bits per heavy atom. The first-order valence-corrected chi connectivity index (χ1v) is 11.3. The van der Waals surface area contributed by atoms with Gasteiger partial charge in [0.15, 0.2) is 0 Å². The molecule has 0 fully saturated rings. The van der Waals surface area contributed by atoms with Crippen LogP contribution in [-0.2, 0) is 29.7 Å². The molecule has 1 aromatic heterocycles. The number of sulfonamides is 1. The fourth-order valence-corrected chi connectivity index (χ4v) is 4.39. The van der Waals surface area contributed by atoms with Crippen LogP contribution < -0.4 is 0 Å². The van der Waals surface area contributed by atoms with Gasteiger partial charge in [0.05, 0.1) is 22.5 Å². The summed E-state index contributed by atoms with van der Waals surface area (Å²) in [6.07, 6.45) is 0. The van der Waals surface area contributed by atoms with E-state index in [-0.39, 0.29) is 4.90 Å². The molecule has 0 saturated carbocycles. The van der Waals surface area contributed by atoms with E-state index in [0.29, 0.717) is 12.1 Å². The van der Waals surface area contributed by atoms with Gasteiger partial charge in [-0.05, 0) is 49.9 Å². The van der Waals surface area contributed by atoms with Gasteiger partial charge < -0.3 is 4.57 Å². The lowest BCUT2D eigenvalue weighted by Crippen LogP contribution is -2.22. The highest BCUT2D eigenvalue weighted by Crippen LogP contribution is 2.23. The molecule has 6 nitrogen and oxygen atoms in total. The molecular formula is C20H25BrN4O2S. The normalized spacial score (nSPS) is 12.4. The summed E-state index contributed by atoms with van der Waals surface area (Å²) in [6.45, 7) is 4.33. The van der Waals surface area contributed by atoms with E-state index in [4.69, 9.17) is 4.98 Å². The topological polar surface area (TPSA) is 58.4 Å². The van der Waals surface area contributed by atoms with Gasteiger partial charge in [-0.25, -0.2) is 17.7 Å². The predicted octanol–water partition coefficient (Wildman–Crippen LogP) is 3.70. The second-order valence-corrected chi connectivity index (χ2v) is 10.1. The van der Waals surface area contributed by atoms with Crippen molar-refractivity contribution < 1.29 is 8.42 Å². The van der Waals surface area contributed by atoms with Crippen LogP contribution in [0.25, 0.3) is 11.0 Å². The Kier molecular flexibility index (Phi) is 6.24. The highest BCUT2D eigenvalue weighted by Gasteiger charge is 2.19. The van der Waals surface area contributed by atoms with Crippen molar-refractivity contribution in [1.29, 1.82) is 0 Å². The minimum atomic E-state index is -3.48. The van der Waals surface area contributed by atoms with E-state index in [1.54, 1.807) is 12.1 Å². The highest BCUT2D eigenvalue weighted by atomic mass is 79.9. The van der Waals surface area contributed by atoms with E-state index in [2.05, 4.69) is 51.5 Å². The molecule has 28 heavy (non-hydrogen) atoms. The Hall–Kier alpha value is -1.74. The van der Waals surface area contributed by atoms with Crippen LogP contribution >= 0.6 is 15.9 Å². The Balaban J connectivity index is 1.89. The third-order valence-corrected chi connectivity index (χ3v) is 7.01. The second kappa shape index (κ2) is 8.32. The van der Waals surface area contributed by atoms with Crippen LogP contribution in [0, 0.1) is 0 Å². The number of imidazole rings is 1. The highest BCUT2D eigenvalue weighted by molar-refractivity contribution is 9.10. The predicted molar refractivity (Wildman–Crippen MR) is 116 cm³/mol. The van der Waals surface area contributed by atoms with E-state index in [9.17, 15) is 8.42 Å². The molecule has 3 rings (SSSR count). The van der Waals surface area contributed by atoms with Gasteiger partial charge in [-0.1, -0.05) is 28.1 Å². The first-order chi connectivity index (χ1) is 13.2. The van der Waals surface area contributed by atoms with Gasteiger partial charge in [-0.15, -0.1) is 0 Å². The van der Waals surface area contributed by atoms with E-state index in [1.165, 1.54) is 24.0 Å². The zero-order chi connectivity index (χ0) is 20.5. The summed E-state index contributed by atoms with van der Waals surface area (Å²) in [4.78, 5) is 7.21. The van der Waals surface area contributed by atoms with Gasteiger partial charge in [0, 0.05) is 31.7 Å². The maximum atomic E-state index is 12.4. The Morgan fingerprint density at radius 2 is 1.71 bits per heavy atom. The lowest BCUT2D eigenvalue weighted by molar-refractivity contribution is 0.306. The molecular weight excluding hydrogens is 440 g/mol. The Morgan fingerprint density at radius 1 is 1.04 bits per heavy atom. The third-order valence-electron chi connectivity index (χ3n) is 4.67. The molecule has 0 unspecified atom stereocenters. The number of fused-ring (bicyclic) bond motifs is 1. The summed E-state index contributed by atoms with van der Waals surface area (Å²) in [5.74, 6) is 0.927. The molecule has 8 heteroatoms. The molecule has 0 saturated heterocycles. The van der Waals surface area contributed by atoms with Gasteiger partial charge in [-0.2, -0.15) is 0 Å². The molecule has 0 aliphatic carbocycles. The summed E-state index contributed by atoms with van der Waals surface area (Å²) in [6, 6.07) is 13.4. The molecule has 0 N–H and O–H groups in total. The summed E-state index contributed by atoms with van der Waals surface area (Å²) in [5.41, 5.74) is 2.88. The molecule has 0 bridgehead atoms. The van der Waals surface area contributed by atoms with Crippen LogP contribution in [0.1, 0.15) is 18.3 Å². The molecule has 0 aliphatic rings. The van der Waals surface area contributed by atoms with Crippen molar-refractivity contribution in [2.24, 2.45) is 0 Å². The van der Waals surface area contributed by atoms with E-state index >= 15 is 0 Å². The lowest BCUT2D eigenvalue weighted by Gasteiger charge is -2.17. The van der Waals surface area contributed by atoms with E-state index < -0.39 is 10.0 Å². The Labute approximate surface area is 175 Å². The van der Waals surface area contributed by atoms with Crippen molar-refractivity contribution in [2.45, 2.75) is 31.5 Å². The van der Waals surface area contributed by atoms with Gasteiger partial charge in [0.25, 0.3) is 0 Å². The first-order valence-electron chi connectivity index (χ1n) is 9.07. The summed E-state index contributed by atoms with van der Waals surface area (Å²) in [7, 11) is 1.65. The maximum absolute atomic E-state index is 12.4. The first kappa shape index (κ1) is 21.0. The molecule has 150 valence electrons. The summed E-state index contributed by atoms with van der Waals surface area (Å²) < 4.78 is 29.3. The van der Waals surface area contributed by atoms with Crippen LogP contribution in [0.5, 0.6) is 0 Å². The third kappa shape index (κ3) is 4.30. The van der Waals surface area contributed by atoms with E-state index in [0.717, 1.165) is 28.9 Å². The fourth-order valence-electron chi connectivity index (χ4n) is 3.20. The minimum absolute atomic E-state index is 0.264. The largest absolute Gasteiger partial charge is 0.327 e. The van der Waals surface area contributed by atoms with Crippen molar-refractivity contribution in [3.8, 4) is 0 Å². The van der Waals surface area contributed by atoms with Crippen LogP contribution in [0.4, 0.5) is 0 Å². The van der Waals surface area contributed by atoms with Gasteiger partial charge >= 0.3 is 0 Å².